The number of aryl methyl sites for hydroxylation is 1. The number of rotatable bonds is 13. The van der Waals surface area contributed by atoms with Crippen molar-refractivity contribution in [3.05, 3.63) is 59.4 Å². The molecule has 1 atom stereocenters. The minimum absolute atomic E-state index is 0.352. The first-order valence-electron chi connectivity index (χ1n) is 10.9. The van der Waals surface area contributed by atoms with Gasteiger partial charge >= 0.3 is 0 Å². The Kier molecular flexibility index (Phi) is 9.97. The summed E-state index contributed by atoms with van der Waals surface area (Å²) in [5.74, 6) is 1.33. The fourth-order valence-electron chi connectivity index (χ4n) is 3.32. The van der Waals surface area contributed by atoms with E-state index in [4.69, 9.17) is 4.74 Å². The van der Waals surface area contributed by atoms with E-state index in [9.17, 15) is 0 Å². The zero-order chi connectivity index (χ0) is 19.3. The second kappa shape index (κ2) is 12.5. The van der Waals surface area contributed by atoms with Crippen molar-refractivity contribution in [3.63, 3.8) is 0 Å². The molecule has 0 aliphatic rings. The zero-order valence-corrected chi connectivity index (χ0v) is 17.5. The Balaban J connectivity index is 1.78. The molecule has 0 aliphatic heterocycles. The van der Waals surface area contributed by atoms with Crippen molar-refractivity contribution in [2.24, 2.45) is 0 Å². The van der Waals surface area contributed by atoms with Crippen LogP contribution in [0.2, 0.25) is 0 Å². The van der Waals surface area contributed by atoms with Crippen molar-refractivity contribution in [2.45, 2.75) is 84.5 Å². The van der Waals surface area contributed by atoms with Gasteiger partial charge in [0.1, 0.15) is 5.75 Å². The van der Waals surface area contributed by atoms with E-state index in [0.29, 0.717) is 5.92 Å². The molecule has 0 aliphatic carbocycles. The minimum Gasteiger partial charge on any atom is -0.494 e. The quantitative estimate of drug-likeness (QED) is 0.346. The van der Waals surface area contributed by atoms with Gasteiger partial charge in [-0.05, 0) is 48.6 Å². The highest BCUT2D eigenvalue weighted by Crippen LogP contribution is 2.25. The Morgan fingerprint density at radius 1 is 0.778 bits per heavy atom. The van der Waals surface area contributed by atoms with Gasteiger partial charge in [0.15, 0.2) is 0 Å². The highest BCUT2D eigenvalue weighted by molar-refractivity contribution is 5.34. The molecule has 0 saturated carbocycles. The largest absolute Gasteiger partial charge is 0.494 e. The number of nitrogens with zero attached hydrogens (tertiary/aromatic N) is 1. The third-order valence-electron chi connectivity index (χ3n) is 5.28. The number of pyridine rings is 1. The predicted octanol–water partition coefficient (Wildman–Crippen LogP) is 7.32. The maximum absolute atomic E-state index is 5.89. The maximum Gasteiger partial charge on any atom is 0.119 e. The first-order valence-corrected chi connectivity index (χ1v) is 10.9. The smallest absolute Gasteiger partial charge is 0.119 e. The van der Waals surface area contributed by atoms with E-state index in [0.717, 1.165) is 25.2 Å². The lowest BCUT2D eigenvalue weighted by Gasteiger charge is -2.14. The van der Waals surface area contributed by atoms with Crippen LogP contribution >= 0.6 is 0 Å². The van der Waals surface area contributed by atoms with E-state index in [1.807, 2.05) is 6.20 Å². The summed E-state index contributed by atoms with van der Waals surface area (Å²) < 4.78 is 5.89. The highest BCUT2D eigenvalue weighted by Gasteiger charge is 2.09. The third kappa shape index (κ3) is 7.74. The lowest BCUT2D eigenvalue weighted by atomic mass is 9.94. The highest BCUT2D eigenvalue weighted by atomic mass is 16.5. The molecule has 2 rings (SSSR count). The van der Waals surface area contributed by atoms with Gasteiger partial charge in [0.05, 0.1) is 6.61 Å². The number of aromatic nitrogens is 1. The number of ether oxygens (including phenoxy) is 1. The second-order valence-corrected chi connectivity index (χ2v) is 7.59. The number of unbranched alkanes of at least 4 members (excludes halogenated alkanes) is 6. The van der Waals surface area contributed by atoms with Gasteiger partial charge in [0.25, 0.3) is 0 Å². The van der Waals surface area contributed by atoms with Crippen LogP contribution in [0.5, 0.6) is 5.75 Å². The van der Waals surface area contributed by atoms with Gasteiger partial charge in [-0.15, -0.1) is 0 Å². The summed E-state index contributed by atoms with van der Waals surface area (Å²) in [6.45, 7) is 7.54. The number of hydrogen-bond acceptors (Lipinski definition) is 2. The summed E-state index contributed by atoms with van der Waals surface area (Å²) in [4.78, 5) is 4.63. The van der Waals surface area contributed by atoms with Crippen LogP contribution in [-0.4, -0.2) is 11.6 Å². The molecule has 0 saturated heterocycles. The predicted molar refractivity (Wildman–Crippen MR) is 116 cm³/mol. The third-order valence-corrected chi connectivity index (χ3v) is 5.28. The van der Waals surface area contributed by atoms with Gasteiger partial charge in [0, 0.05) is 17.8 Å². The lowest BCUT2D eigenvalue weighted by Crippen LogP contribution is -2.00. The molecule has 1 aromatic carbocycles. The average Bonchev–Trinajstić information content (AvgIpc) is 2.72. The van der Waals surface area contributed by atoms with E-state index in [2.05, 4.69) is 62.2 Å². The molecule has 148 valence electrons. The molecule has 1 unspecified atom stereocenters. The maximum atomic E-state index is 5.89. The van der Waals surface area contributed by atoms with Gasteiger partial charge < -0.3 is 4.74 Å². The normalized spacial score (nSPS) is 12.1. The van der Waals surface area contributed by atoms with Crippen molar-refractivity contribution in [1.82, 2.24) is 4.98 Å². The SMILES string of the molecule is CCCCCCCCOc1ccc(C(C)c2ccc(CCCC)nc2)cc1. The van der Waals surface area contributed by atoms with Gasteiger partial charge in [-0.1, -0.05) is 77.5 Å². The van der Waals surface area contributed by atoms with Gasteiger partial charge in [0.2, 0.25) is 0 Å². The van der Waals surface area contributed by atoms with Gasteiger partial charge in [-0.3, -0.25) is 4.98 Å². The molecular formula is C25H37NO. The van der Waals surface area contributed by atoms with Crippen LogP contribution < -0.4 is 4.74 Å². The zero-order valence-electron chi connectivity index (χ0n) is 17.5. The molecular weight excluding hydrogens is 330 g/mol. The van der Waals surface area contributed by atoms with Crippen LogP contribution in [0.4, 0.5) is 0 Å². The van der Waals surface area contributed by atoms with E-state index in [-0.39, 0.29) is 0 Å². The molecule has 2 nitrogen and oxygen atoms in total. The molecule has 0 fully saturated rings. The topological polar surface area (TPSA) is 22.1 Å². The standard InChI is InChI=1S/C25H37NO/c1-4-6-8-9-10-11-19-27-25-17-14-22(15-18-25)21(3)23-13-16-24(26-20-23)12-7-5-2/h13-18,20-21H,4-12,19H2,1-3H3. The second-order valence-electron chi connectivity index (χ2n) is 7.59. The van der Waals surface area contributed by atoms with Crippen molar-refractivity contribution in [3.8, 4) is 5.75 Å². The van der Waals surface area contributed by atoms with E-state index in [1.165, 1.54) is 61.8 Å². The Labute approximate surface area is 166 Å². The molecule has 2 aromatic rings. The van der Waals surface area contributed by atoms with E-state index < -0.39 is 0 Å². The van der Waals surface area contributed by atoms with Crippen molar-refractivity contribution in [1.29, 1.82) is 0 Å². The van der Waals surface area contributed by atoms with Crippen LogP contribution in [0.25, 0.3) is 0 Å². The lowest BCUT2D eigenvalue weighted by molar-refractivity contribution is 0.304. The number of benzene rings is 1. The fraction of sp³-hybridized carbons (Fsp3) is 0.560. The molecule has 27 heavy (non-hydrogen) atoms. The van der Waals surface area contributed by atoms with Crippen molar-refractivity contribution in [2.75, 3.05) is 6.61 Å². The first kappa shape index (κ1) is 21.5. The molecule has 2 heteroatoms. The summed E-state index contributed by atoms with van der Waals surface area (Å²) in [5, 5.41) is 0. The van der Waals surface area contributed by atoms with Crippen molar-refractivity contribution >= 4 is 0 Å². The summed E-state index contributed by atoms with van der Waals surface area (Å²) in [6, 6.07) is 13.0. The molecule has 0 amide bonds. The molecule has 1 aromatic heterocycles. The molecule has 0 radical (unpaired) electrons. The Morgan fingerprint density at radius 3 is 2.11 bits per heavy atom. The summed E-state index contributed by atoms with van der Waals surface area (Å²) >= 11 is 0. The van der Waals surface area contributed by atoms with Crippen LogP contribution in [-0.2, 0) is 6.42 Å². The van der Waals surface area contributed by atoms with E-state index >= 15 is 0 Å². The Hall–Kier alpha value is -1.83. The summed E-state index contributed by atoms with van der Waals surface area (Å²) in [7, 11) is 0. The van der Waals surface area contributed by atoms with Gasteiger partial charge in [-0.25, -0.2) is 0 Å². The fourth-order valence-corrected chi connectivity index (χ4v) is 3.32. The molecule has 0 N–H and O–H groups in total. The summed E-state index contributed by atoms with van der Waals surface area (Å²) in [5.41, 5.74) is 3.78. The van der Waals surface area contributed by atoms with Crippen LogP contribution in [0.3, 0.4) is 0 Å². The van der Waals surface area contributed by atoms with E-state index in [1.54, 1.807) is 0 Å². The van der Waals surface area contributed by atoms with Crippen LogP contribution in [0.1, 0.15) is 94.9 Å². The average molecular weight is 368 g/mol. The first-order chi connectivity index (χ1) is 13.2. The Bertz CT molecular complexity index is 618. The van der Waals surface area contributed by atoms with Gasteiger partial charge in [-0.2, -0.15) is 0 Å². The summed E-state index contributed by atoms with van der Waals surface area (Å²) in [6.07, 6.45) is 13.3. The minimum atomic E-state index is 0.352. The number of hydrogen-bond donors (Lipinski definition) is 0. The molecule has 1 heterocycles. The Morgan fingerprint density at radius 2 is 1.44 bits per heavy atom. The molecule has 0 spiro atoms. The van der Waals surface area contributed by atoms with Crippen molar-refractivity contribution < 1.29 is 4.74 Å². The van der Waals surface area contributed by atoms with Crippen LogP contribution in [0, 0.1) is 0 Å². The molecule has 0 bridgehead atoms. The van der Waals surface area contributed by atoms with Crippen LogP contribution in [0.15, 0.2) is 42.6 Å². The monoisotopic (exact) mass is 367 g/mol.